The predicted octanol–water partition coefficient (Wildman–Crippen LogP) is 2.11. The van der Waals surface area contributed by atoms with Crippen molar-refractivity contribution in [3.63, 3.8) is 0 Å². The first-order valence-electron chi connectivity index (χ1n) is 7.20. The second kappa shape index (κ2) is 7.28. The number of aromatic amines is 1. The Kier molecular flexibility index (Phi) is 5.39. The molecular formula is C14H23N3O2. The molecule has 1 aromatic heterocycles. The van der Waals surface area contributed by atoms with Gasteiger partial charge in [-0.05, 0) is 25.7 Å². The topological polar surface area (TPSA) is 67.0 Å². The van der Waals surface area contributed by atoms with E-state index in [1.807, 2.05) is 0 Å². The highest BCUT2D eigenvalue weighted by atomic mass is 16.5. The van der Waals surface area contributed by atoms with Crippen molar-refractivity contribution in [2.24, 2.45) is 0 Å². The maximum absolute atomic E-state index is 11.8. The van der Waals surface area contributed by atoms with Crippen LogP contribution in [-0.4, -0.2) is 29.1 Å². The lowest BCUT2D eigenvalue weighted by Crippen LogP contribution is -2.33. The van der Waals surface area contributed by atoms with E-state index >= 15 is 0 Å². The molecule has 2 N–H and O–H groups in total. The Bertz CT molecular complexity index is 403. The van der Waals surface area contributed by atoms with Gasteiger partial charge in [0.1, 0.15) is 6.61 Å². The SMILES string of the molecule is CCCCCOCC(=O)NC1CCCc2[nH]cnc21. The van der Waals surface area contributed by atoms with E-state index in [4.69, 9.17) is 4.74 Å². The number of hydrogen-bond acceptors (Lipinski definition) is 3. The summed E-state index contributed by atoms with van der Waals surface area (Å²) >= 11 is 0. The lowest BCUT2D eigenvalue weighted by molar-refractivity contribution is -0.126. The lowest BCUT2D eigenvalue weighted by atomic mass is 9.96. The molecule has 0 spiro atoms. The van der Waals surface area contributed by atoms with Gasteiger partial charge in [-0.15, -0.1) is 0 Å². The first-order chi connectivity index (χ1) is 9.31. The van der Waals surface area contributed by atoms with Gasteiger partial charge in [0.2, 0.25) is 5.91 Å². The van der Waals surface area contributed by atoms with Crippen molar-refractivity contribution in [3.05, 3.63) is 17.7 Å². The third-order valence-electron chi connectivity index (χ3n) is 3.46. The van der Waals surface area contributed by atoms with Crippen LogP contribution in [0.3, 0.4) is 0 Å². The van der Waals surface area contributed by atoms with Crippen LogP contribution in [0.1, 0.15) is 56.5 Å². The van der Waals surface area contributed by atoms with Crippen LogP contribution in [0.15, 0.2) is 6.33 Å². The summed E-state index contributed by atoms with van der Waals surface area (Å²) in [6.07, 6.45) is 8.11. The molecule has 1 aromatic rings. The van der Waals surface area contributed by atoms with Gasteiger partial charge in [-0.3, -0.25) is 4.79 Å². The summed E-state index contributed by atoms with van der Waals surface area (Å²) in [6, 6.07) is 0.0433. The molecule has 106 valence electrons. The number of aromatic nitrogens is 2. The van der Waals surface area contributed by atoms with Crippen LogP contribution in [0, 0.1) is 0 Å². The fraction of sp³-hybridized carbons (Fsp3) is 0.714. The van der Waals surface area contributed by atoms with E-state index in [-0.39, 0.29) is 18.6 Å². The van der Waals surface area contributed by atoms with E-state index < -0.39 is 0 Å². The van der Waals surface area contributed by atoms with Crippen molar-refractivity contribution in [3.8, 4) is 0 Å². The Morgan fingerprint density at radius 3 is 3.32 bits per heavy atom. The van der Waals surface area contributed by atoms with E-state index in [0.717, 1.165) is 43.5 Å². The van der Waals surface area contributed by atoms with Crippen LogP contribution in [0.5, 0.6) is 0 Å². The molecule has 1 aliphatic carbocycles. The number of amides is 1. The van der Waals surface area contributed by atoms with E-state index in [1.165, 1.54) is 6.42 Å². The van der Waals surface area contributed by atoms with Crippen LogP contribution < -0.4 is 5.32 Å². The summed E-state index contributed by atoms with van der Waals surface area (Å²) in [6.45, 7) is 2.97. The van der Waals surface area contributed by atoms with E-state index in [1.54, 1.807) is 6.33 Å². The third kappa shape index (κ3) is 4.06. The fourth-order valence-electron chi connectivity index (χ4n) is 2.45. The predicted molar refractivity (Wildman–Crippen MR) is 72.8 cm³/mol. The Morgan fingerprint density at radius 2 is 2.47 bits per heavy atom. The number of H-pyrrole nitrogens is 1. The molecule has 5 nitrogen and oxygen atoms in total. The Morgan fingerprint density at radius 1 is 1.58 bits per heavy atom. The van der Waals surface area contributed by atoms with Gasteiger partial charge in [0.15, 0.2) is 0 Å². The highest BCUT2D eigenvalue weighted by molar-refractivity contribution is 5.77. The van der Waals surface area contributed by atoms with Gasteiger partial charge in [-0.2, -0.15) is 0 Å². The van der Waals surface area contributed by atoms with Crippen molar-refractivity contribution in [1.29, 1.82) is 0 Å². The third-order valence-corrected chi connectivity index (χ3v) is 3.46. The summed E-state index contributed by atoms with van der Waals surface area (Å²) < 4.78 is 5.37. The minimum atomic E-state index is -0.0441. The molecule has 0 aliphatic heterocycles. The van der Waals surface area contributed by atoms with Crippen LogP contribution in [-0.2, 0) is 16.0 Å². The van der Waals surface area contributed by atoms with Crippen molar-refractivity contribution >= 4 is 5.91 Å². The number of carbonyl (C=O) groups is 1. The highest BCUT2D eigenvalue weighted by Gasteiger charge is 2.23. The van der Waals surface area contributed by atoms with E-state index in [9.17, 15) is 4.79 Å². The summed E-state index contributed by atoms with van der Waals surface area (Å²) in [7, 11) is 0. The number of fused-ring (bicyclic) bond motifs is 1. The number of unbranched alkanes of at least 4 members (excludes halogenated alkanes) is 2. The zero-order chi connectivity index (χ0) is 13.5. The van der Waals surface area contributed by atoms with Gasteiger partial charge < -0.3 is 15.0 Å². The van der Waals surface area contributed by atoms with Crippen molar-refractivity contribution in [1.82, 2.24) is 15.3 Å². The minimum absolute atomic E-state index is 0.0433. The van der Waals surface area contributed by atoms with Crippen molar-refractivity contribution in [2.45, 2.75) is 51.5 Å². The number of imidazole rings is 1. The molecule has 1 amide bonds. The number of aryl methyl sites for hydroxylation is 1. The Hall–Kier alpha value is -1.36. The minimum Gasteiger partial charge on any atom is -0.372 e. The van der Waals surface area contributed by atoms with E-state index in [0.29, 0.717) is 6.61 Å². The molecule has 2 rings (SSSR count). The Balaban J connectivity index is 1.72. The van der Waals surface area contributed by atoms with Gasteiger partial charge >= 0.3 is 0 Å². The van der Waals surface area contributed by atoms with Gasteiger partial charge in [0.05, 0.1) is 18.1 Å². The number of nitrogens with zero attached hydrogens (tertiary/aromatic N) is 1. The zero-order valence-corrected chi connectivity index (χ0v) is 11.6. The quantitative estimate of drug-likeness (QED) is 0.742. The number of rotatable bonds is 7. The first-order valence-corrected chi connectivity index (χ1v) is 7.20. The molecule has 1 heterocycles. The number of nitrogens with one attached hydrogen (secondary N) is 2. The molecule has 1 aliphatic rings. The van der Waals surface area contributed by atoms with Crippen molar-refractivity contribution in [2.75, 3.05) is 13.2 Å². The molecule has 0 bridgehead atoms. The van der Waals surface area contributed by atoms with E-state index in [2.05, 4.69) is 22.2 Å². The molecule has 0 fully saturated rings. The molecule has 0 saturated carbocycles. The molecule has 0 saturated heterocycles. The van der Waals surface area contributed by atoms with Crippen LogP contribution in [0.25, 0.3) is 0 Å². The summed E-state index contributed by atoms with van der Waals surface area (Å²) in [5, 5.41) is 3.01. The van der Waals surface area contributed by atoms with Gasteiger partial charge in [0, 0.05) is 12.3 Å². The normalized spacial score (nSPS) is 18.1. The number of carbonyl (C=O) groups excluding carboxylic acids is 1. The summed E-state index contributed by atoms with van der Waals surface area (Å²) in [5.74, 6) is -0.0441. The molecule has 0 radical (unpaired) electrons. The van der Waals surface area contributed by atoms with Gasteiger partial charge in [-0.1, -0.05) is 19.8 Å². The van der Waals surface area contributed by atoms with Crippen molar-refractivity contribution < 1.29 is 9.53 Å². The molecule has 19 heavy (non-hydrogen) atoms. The van der Waals surface area contributed by atoms with Gasteiger partial charge in [-0.25, -0.2) is 4.98 Å². The monoisotopic (exact) mass is 265 g/mol. The summed E-state index contributed by atoms with van der Waals surface area (Å²) in [5.41, 5.74) is 2.14. The highest BCUT2D eigenvalue weighted by Crippen LogP contribution is 2.26. The van der Waals surface area contributed by atoms with Crippen LogP contribution in [0.2, 0.25) is 0 Å². The molecular weight excluding hydrogens is 242 g/mol. The average molecular weight is 265 g/mol. The molecule has 1 atom stereocenters. The van der Waals surface area contributed by atoms with Crippen LogP contribution >= 0.6 is 0 Å². The Labute approximate surface area is 114 Å². The lowest BCUT2D eigenvalue weighted by Gasteiger charge is -2.22. The largest absolute Gasteiger partial charge is 0.372 e. The molecule has 0 aromatic carbocycles. The van der Waals surface area contributed by atoms with Gasteiger partial charge in [0.25, 0.3) is 0 Å². The smallest absolute Gasteiger partial charge is 0.246 e. The summed E-state index contributed by atoms with van der Waals surface area (Å²) in [4.78, 5) is 19.2. The maximum Gasteiger partial charge on any atom is 0.246 e. The number of hydrogen-bond donors (Lipinski definition) is 2. The molecule has 5 heteroatoms. The number of ether oxygens (including phenoxy) is 1. The average Bonchev–Trinajstić information content (AvgIpc) is 2.88. The zero-order valence-electron chi connectivity index (χ0n) is 11.6. The maximum atomic E-state index is 11.8. The first kappa shape index (κ1) is 14.1. The second-order valence-corrected chi connectivity index (χ2v) is 5.04. The second-order valence-electron chi connectivity index (χ2n) is 5.04. The molecule has 1 unspecified atom stereocenters. The standard InChI is InChI=1S/C14H23N3O2/c1-2-3-4-8-19-9-13(18)17-12-7-5-6-11-14(12)16-10-15-11/h10,12H,2-9H2,1H3,(H,15,16)(H,17,18). The van der Waals surface area contributed by atoms with Crippen LogP contribution in [0.4, 0.5) is 0 Å². The fourth-order valence-corrected chi connectivity index (χ4v) is 2.45.